The lowest BCUT2D eigenvalue weighted by atomic mass is 9.74. The monoisotopic (exact) mass is 331 g/mol. The van der Waals surface area contributed by atoms with E-state index in [4.69, 9.17) is 17.3 Å². The molecule has 0 unspecified atom stereocenters. The smallest absolute Gasteiger partial charge is 0.140 e. The molecule has 1 aliphatic rings. The summed E-state index contributed by atoms with van der Waals surface area (Å²) in [6, 6.07) is 1.85. The molecule has 0 bridgehead atoms. The van der Waals surface area contributed by atoms with E-state index in [1.807, 2.05) is 6.07 Å². The predicted octanol–water partition coefficient (Wildman–Crippen LogP) is 3.82. The normalized spacial score (nSPS) is 18.6. The molecular formula is C13H19BrClN3. The summed E-state index contributed by atoms with van der Waals surface area (Å²) in [7, 11) is 0. The number of halogens is 2. The molecular weight excluding hydrogens is 314 g/mol. The van der Waals surface area contributed by atoms with Gasteiger partial charge in [0.2, 0.25) is 0 Å². The highest BCUT2D eigenvalue weighted by atomic mass is 79.9. The maximum atomic E-state index is 5.97. The Morgan fingerprint density at radius 1 is 1.39 bits per heavy atom. The van der Waals surface area contributed by atoms with E-state index >= 15 is 0 Å². The molecule has 0 saturated heterocycles. The van der Waals surface area contributed by atoms with Crippen molar-refractivity contribution in [2.45, 2.75) is 32.1 Å². The van der Waals surface area contributed by atoms with Gasteiger partial charge < -0.3 is 11.1 Å². The number of rotatable bonds is 4. The molecule has 100 valence electrons. The summed E-state index contributed by atoms with van der Waals surface area (Å²) in [5.74, 6) is 0.845. The van der Waals surface area contributed by atoms with Crippen LogP contribution in [0.1, 0.15) is 32.1 Å². The van der Waals surface area contributed by atoms with Crippen molar-refractivity contribution in [3.63, 3.8) is 0 Å². The van der Waals surface area contributed by atoms with Crippen molar-refractivity contribution in [1.82, 2.24) is 4.98 Å². The van der Waals surface area contributed by atoms with Crippen molar-refractivity contribution in [2.24, 2.45) is 11.1 Å². The van der Waals surface area contributed by atoms with E-state index in [-0.39, 0.29) is 5.41 Å². The number of pyridine rings is 1. The molecule has 1 fully saturated rings. The fourth-order valence-electron chi connectivity index (χ4n) is 2.57. The van der Waals surface area contributed by atoms with Crippen LogP contribution in [0.4, 0.5) is 5.82 Å². The van der Waals surface area contributed by atoms with Crippen LogP contribution in [0.15, 0.2) is 16.7 Å². The summed E-state index contributed by atoms with van der Waals surface area (Å²) in [5.41, 5.74) is 6.21. The SMILES string of the molecule is NCC1(CNc2ncc(Cl)cc2Br)CCCCC1. The van der Waals surface area contributed by atoms with Crippen LogP contribution in [0.2, 0.25) is 5.02 Å². The number of hydrogen-bond donors (Lipinski definition) is 2. The third-order valence-corrected chi connectivity index (χ3v) is 4.60. The maximum absolute atomic E-state index is 5.97. The van der Waals surface area contributed by atoms with Gasteiger partial charge in [-0.3, -0.25) is 0 Å². The molecule has 1 saturated carbocycles. The fourth-order valence-corrected chi connectivity index (χ4v) is 3.35. The van der Waals surface area contributed by atoms with Gasteiger partial charge in [0.25, 0.3) is 0 Å². The van der Waals surface area contributed by atoms with Crippen LogP contribution in [0.3, 0.4) is 0 Å². The molecule has 0 aromatic carbocycles. The highest BCUT2D eigenvalue weighted by molar-refractivity contribution is 9.10. The molecule has 0 atom stereocenters. The molecule has 3 N–H and O–H groups in total. The number of anilines is 1. The first-order chi connectivity index (χ1) is 8.65. The van der Waals surface area contributed by atoms with Crippen molar-refractivity contribution >= 4 is 33.3 Å². The van der Waals surface area contributed by atoms with Gasteiger partial charge in [0.05, 0.1) is 9.50 Å². The molecule has 1 aromatic rings. The second kappa shape index (κ2) is 6.22. The average Bonchev–Trinajstić information content (AvgIpc) is 2.39. The van der Waals surface area contributed by atoms with Gasteiger partial charge in [-0.2, -0.15) is 0 Å². The number of nitrogens with one attached hydrogen (secondary N) is 1. The minimum absolute atomic E-state index is 0.235. The molecule has 0 spiro atoms. The Balaban J connectivity index is 2.01. The Hall–Kier alpha value is -0.320. The molecule has 2 rings (SSSR count). The Kier molecular flexibility index (Phi) is 4.87. The minimum atomic E-state index is 0.235. The fraction of sp³-hybridized carbons (Fsp3) is 0.615. The summed E-state index contributed by atoms with van der Waals surface area (Å²) >= 11 is 9.35. The number of nitrogens with two attached hydrogens (primary N) is 1. The van der Waals surface area contributed by atoms with Crippen LogP contribution >= 0.6 is 27.5 Å². The van der Waals surface area contributed by atoms with Gasteiger partial charge in [-0.25, -0.2) is 4.98 Å². The van der Waals surface area contributed by atoms with E-state index in [1.165, 1.54) is 32.1 Å². The number of nitrogens with zero attached hydrogens (tertiary/aromatic N) is 1. The topological polar surface area (TPSA) is 50.9 Å². The molecule has 18 heavy (non-hydrogen) atoms. The number of hydrogen-bond acceptors (Lipinski definition) is 3. The molecule has 5 heteroatoms. The van der Waals surface area contributed by atoms with Crippen LogP contribution in [0, 0.1) is 5.41 Å². The zero-order valence-corrected chi connectivity index (χ0v) is 12.7. The van der Waals surface area contributed by atoms with E-state index in [1.54, 1.807) is 6.20 Å². The lowest BCUT2D eigenvalue weighted by Gasteiger charge is -2.36. The van der Waals surface area contributed by atoms with Gasteiger partial charge in [0.15, 0.2) is 0 Å². The third-order valence-electron chi connectivity index (χ3n) is 3.79. The molecule has 0 radical (unpaired) electrons. The van der Waals surface area contributed by atoms with Crippen molar-refractivity contribution in [3.05, 3.63) is 21.8 Å². The Morgan fingerprint density at radius 2 is 2.11 bits per heavy atom. The summed E-state index contributed by atoms with van der Waals surface area (Å²) in [4.78, 5) is 4.30. The molecule has 0 aliphatic heterocycles. The maximum Gasteiger partial charge on any atom is 0.140 e. The van der Waals surface area contributed by atoms with E-state index in [0.29, 0.717) is 5.02 Å². The van der Waals surface area contributed by atoms with Crippen molar-refractivity contribution < 1.29 is 0 Å². The Morgan fingerprint density at radius 3 is 2.72 bits per heavy atom. The average molecular weight is 333 g/mol. The van der Waals surface area contributed by atoms with E-state index in [9.17, 15) is 0 Å². The van der Waals surface area contributed by atoms with Gasteiger partial charge in [0, 0.05) is 12.7 Å². The zero-order valence-electron chi connectivity index (χ0n) is 10.4. The molecule has 1 aromatic heterocycles. The summed E-state index contributed by atoms with van der Waals surface area (Å²) in [5, 5.41) is 4.04. The summed E-state index contributed by atoms with van der Waals surface area (Å²) in [6.07, 6.45) is 7.99. The van der Waals surface area contributed by atoms with E-state index < -0.39 is 0 Å². The molecule has 1 aliphatic carbocycles. The van der Waals surface area contributed by atoms with Crippen molar-refractivity contribution in [3.8, 4) is 0 Å². The third kappa shape index (κ3) is 3.37. The predicted molar refractivity (Wildman–Crippen MR) is 80.0 cm³/mol. The molecule has 1 heterocycles. The second-order valence-electron chi connectivity index (χ2n) is 5.10. The van der Waals surface area contributed by atoms with Crippen LogP contribution in [0.25, 0.3) is 0 Å². The molecule has 0 amide bonds. The quantitative estimate of drug-likeness (QED) is 0.881. The zero-order chi connectivity index (χ0) is 13.0. The van der Waals surface area contributed by atoms with Crippen molar-refractivity contribution in [2.75, 3.05) is 18.4 Å². The van der Waals surface area contributed by atoms with Gasteiger partial charge in [0.1, 0.15) is 5.82 Å². The lowest BCUT2D eigenvalue weighted by molar-refractivity contribution is 0.215. The first kappa shape index (κ1) is 14.1. The lowest BCUT2D eigenvalue weighted by Crippen LogP contribution is -2.39. The minimum Gasteiger partial charge on any atom is -0.369 e. The van der Waals surface area contributed by atoms with E-state index in [0.717, 1.165) is 23.4 Å². The van der Waals surface area contributed by atoms with Gasteiger partial charge in [-0.1, -0.05) is 30.9 Å². The summed E-state index contributed by atoms with van der Waals surface area (Å²) < 4.78 is 0.901. The van der Waals surface area contributed by atoms with Gasteiger partial charge >= 0.3 is 0 Å². The highest BCUT2D eigenvalue weighted by Crippen LogP contribution is 2.36. The first-order valence-corrected chi connectivity index (χ1v) is 7.57. The largest absolute Gasteiger partial charge is 0.369 e. The van der Waals surface area contributed by atoms with Crippen LogP contribution in [-0.2, 0) is 0 Å². The summed E-state index contributed by atoms with van der Waals surface area (Å²) in [6.45, 7) is 1.63. The van der Waals surface area contributed by atoms with E-state index in [2.05, 4.69) is 26.2 Å². The standard InChI is InChI=1S/C13H19BrClN3/c14-11-6-10(15)7-17-12(11)18-9-13(8-16)4-2-1-3-5-13/h6-7H,1-5,8-9,16H2,(H,17,18). The number of aromatic nitrogens is 1. The Bertz CT molecular complexity index is 405. The highest BCUT2D eigenvalue weighted by Gasteiger charge is 2.30. The molecule has 3 nitrogen and oxygen atoms in total. The van der Waals surface area contributed by atoms with Gasteiger partial charge in [-0.15, -0.1) is 0 Å². The van der Waals surface area contributed by atoms with Crippen molar-refractivity contribution in [1.29, 1.82) is 0 Å². The van der Waals surface area contributed by atoms with Gasteiger partial charge in [-0.05, 0) is 46.8 Å². The Labute approximate surface area is 122 Å². The van der Waals surface area contributed by atoms with Crippen LogP contribution in [-0.4, -0.2) is 18.1 Å². The van der Waals surface area contributed by atoms with Crippen LogP contribution < -0.4 is 11.1 Å². The second-order valence-corrected chi connectivity index (χ2v) is 6.39. The first-order valence-electron chi connectivity index (χ1n) is 6.40. The van der Waals surface area contributed by atoms with Crippen LogP contribution in [0.5, 0.6) is 0 Å².